The summed E-state index contributed by atoms with van der Waals surface area (Å²) in [5, 5.41) is 16.1. The molecule has 0 spiro atoms. The van der Waals surface area contributed by atoms with Gasteiger partial charge in [-0.3, -0.25) is 0 Å². The second-order valence-electron chi connectivity index (χ2n) is 6.18. The number of aryl methyl sites for hydroxylation is 1. The van der Waals surface area contributed by atoms with E-state index in [0.29, 0.717) is 11.6 Å². The van der Waals surface area contributed by atoms with Crippen LogP contribution in [0, 0.1) is 18.8 Å². The van der Waals surface area contributed by atoms with Crippen LogP contribution in [0.5, 0.6) is 0 Å². The molecule has 2 aromatic heterocycles. The molecule has 2 fully saturated rings. The van der Waals surface area contributed by atoms with E-state index in [-0.39, 0.29) is 25.3 Å². The first-order valence-corrected chi connectivity index (χ1v) is 7.45. The van der Waals surface area contributed by atoms with Crippen molar-refractivity contribution in [3.05, 3.63) is 29.3 Å². The molecule has 4 rings (SSSR count). The van der Waals surface area contributed by atoms with Crippen molar-refractivity contribution in [2.24, 2.45) is 11.8 Å². The van der Waals surface area contributed by atoms with Crippen molar-refractivity contribution in [1.82, 2.24) is 25.0 Å². The maximum Gasteiger partial charge on any atom is 0.358 e. The average molecular weight is 336 g/mol. The van der Waals surface area contributed by atoms with Gasteiger partial charge in [0.05, 0.1) is 24.6 Å². The summed E-state index contributed by atoms with van der Waals surface area (Å²) in [6.07, 6.45) is 2.94. The SMILES string of the molecule is Cc1nc(N2CC3C(C2)C3(F)F)ncc1Cn1cc(C(=O)O)nn1. The number of halogens is 2. The lowest BCUT2D eigenvalue weighted by Crippen LogP contribution is -2.29. The van der Waals surface area contributed by atoms with Crippen LogP contribution in [-0.4, -0.2) is 55.0 Å². The van der Waals surface area contributed by atoms with E-state index in [1.807, 2.05) is 0 Å². The number of anilines is 1. The van der Waals surface area contributed by atoms with Gasteiger partial charge >= 0.3 is 5.97 Å². The predicted octanol–water partition coefficient (Wildman–Crippen LogP) is 0.824. The first-order valence-electron chi connectivity index (χ1n) is 7.45. The molecule has 0 radical (unpaired) electrons. The zero-order chi connectivity index (χ0) is 17.1. The molecule has 2 unspecified atom stereocenters. The summed E-state index contributed by atoms with van der Waals surface area (Å²) < 4.78 is 27.9. The monoisotopic (exact) mass is 336 g/mol. The van der Waals surface area contributed by atoms with E-state index in [9.17, 15) is 13.6 Å². The molecule has 126 valence electrons. The molecule has 3 heterocycles. The standard InChI is InChI=1S/C14H14F2N6O2/c1-7-8(3-22-6-11(12(23)24)19-20-22)2-17-13(18-7)21-4-9-10(5-21)14(9,15)16/h2,6,9-10H,3-5H2,1H3,(H,23,24). The molecule has 24 heavy (non-hydrogen) atoms. The van der Waals surface area contributed by atoms with Gasteiger partial charge < -0.3 is 10.0 Å². The lowest BCUT2D eigenvalue weighted by Gasteiger charge is -2.20. The second-order valence-corrected chi connectivity index (χ2v) is 6.18. The Labute approximate surface area is 135 Å². The van der Waals surface area contributed by atoms with Crippen LogP contribution in [0.3, 0.4) is 0 Å². The summed E-state index contributed by atoms with van der Waals surface area (Å²) in [5.74, 6) is -4.38. The van der Waals surface area contributed by atoms with Crippen LogP contribution in [0.25, 0.3) is 0 Å². The van der Waals surface area contributed by atoms with Crippen LogP contribution in [0.1, 0.15) is 21.7 Å². The summed E-state index contributed by atoms with van der Waals surface area (Å²) >= 11 is 0. The third-order valence-electron chi connectivity index (χ3n) is 4.64. The molecule has 2 atom stereocenters. The molecule has 1 aliphatic carbocycles. The fraction of sp³-hybridized carbons (Fsp3) is 0.500. The van der Waals surface area contributed by atoms with Crippen LogP contribution in [0.4, 0.5) is 14.7 Å². The predicted molar refractivity (Wildman–Crippen MR) is 77.0 cm³/mol. The highest BCUT2D eigenvalue weighted by atomic mass is 19.3. The Kier molecular flexibility index (Phi) is 3.06. The number of rotatable bonds is 4. The molecule has 1 saturated carbocycles. The molecule has 2 aliphatic rings. The van der Waals surface area contributed by atoms with Gasteiger partial charge in [0.25, 0.3) is 5.92 Å². The van der Waals surface area contributed by atoms with E-state index >= 15 is 0 Å². The summed E-state index contributed by atoms with van der Waals surface area (Å²) in [6, 6.07) is 0. The number of aromatic nitrogens is 5. The van der Waals surface area contributed by atoms with Gasteiger partial charge in [0.15, 0.2) is 5.69 Å². The number of carboxylic acids is 1. The molecule has 2 aromatic rings. The Morgan fingerprint density at radius 3 is 2.71 bits per heavy atom. The first kappa shape index (κ1) is 14.9. The minimum Gasteiger partial charge on any atom is -0.476 e. The Bertz CT molecular complexity index is 809. The summed E-state index contributed by atoms with van der Waals surface area (Å²) in [4.78, 5) is 21.2. The summed E-state index contributed by atoms with van der Waals surface area (Å²) in [6.45, 7) is 2.64. The molecule has 1 saturated heterocycles. The Hall–Kier alpha value is -2.65. The highest BCUT2D eigenvalue weighted by Gasteiger charge is 2.71. The molecular weight excluding hydrogens is 322 g/mol. The molecule has 0 aromatic carbocycles. The van der Waals surface area contributed by atoms with Crippen LogP contribution in [0.15, 0.2) is 12.4 Å². The van der Waals surface area contributed by atoms with E-state index in [0.717, 1.165) is 5.56 Å². The number of carbonyl (C=O) groups is 1. The third-order valence-corrected chi connectivity index (χ3v) is 4.64. The maximum absolute atomic E-state index is 13.3. The van der Waals surface area contributed by atoms with Gasteiger partial charge in [-0.05, 0) is 6.92 Å². The zero-order valence-electron chi connectivity index (χ0n) is 12.7. The molecule has 10 heteroatoms. The number of nitrogens with zero attached hydrogens (tertiary/aromatic N) is 6. The number of fused-ring (bicyclic) bond motifs is 1. The van der Waals surface area contributed by atoms with Crippen molar-refractivity contribution >= 4 is 11.9 Å². The van der Waals surface area contributed by atoms with Gasteiger partial charge in [0, 0.05) is 30.5 Å². The fourth-order valence-corrected chi connectivity index (χ4v) is 3.11. The number of hydrogen-bond donors (Lipinski definition) is 1. The average Bonchev–Trinajstić information content (AvgIpc) is 3.00. The third kappa shape index (κ3) is 2.29. The van der Waals surface area contributed by atoms with Crippen molar-refractivity contribution in [2.45, 2.75) is 19.4 Å². The number of alkyl halides is 2. The molecule has 8 nitrogen and oxygen atoms in total. The molecule has 0 bridgehead atoms. The minimum atomic E-state index is -2.53. The summed E-state index contributed by atoms with van der Waals surface area (Å²) in [5.41, 5.74) is 1.32. The van der Waals surface area contributed by atoms with E-state index in [1.165, 1.54) is 10.9 Å². The highest BCUT2D eigenvalue weighted by Crippen LogP contribution is 2.59. The van der Waals surface area contributed by atoms with Crippen molar-refractivity contribution in [3.63, 3.8) is 0 Å². The zero-order valence-corrected chi connectivity index (χ0v) is 12.7. The quantitative estimate of drug-likeness (QED) is 0.883. The number of aromatic carboxylic acids is 1. The van der Waals surface area contributed by atoms with Crippen molar-refractivity contribution in [2.75, 3.05) is 18.0 Å². The van der Waals surface area contributed by atoms with Gasteiger partial charge in [0.2, 0.25) is 5.95 Å². The highest BCUT2D eigenvalue weighted by molar-refractivity contribution is 5.84. The van der Waals surface area contributed by atoms with E-state index in [2.05, 4.69) is 20.3 Å². The Morgan fingerprint density at radius 1 is 1.42 bits per heavy atom. The first-order chi connectivity index (χ1) is 11.4. The van der Waals surface area contributed by atoms with Crippen LogP contribution in [-0.2, 0) is 6.54 Å². The largest absolute Gasteiger partial charge is 0.476 e. The fourth-order valence-electron chi connectivity index (χ4n) is 3.11. The van der Waals surface area contributed by atoms with Crippen molar-refractivity contribution in [3.8, 4) is 0 Å². The van der Waals surface area contributed by atoms with E-state index < -0.39 is 23.7 Å². The smallest absolute Gasteiger partial charge is 0.358 e. The lowest BCUT2D eigenvalue weighted by atomic mass is 10.2. The van der Waals surface area contributed by atoms with Gasteiger partial charge in [-0.25, -0.2) is 28.2 Å². The molecular formula is C14H14F2N6O2. The van der Waals surface area contributed by atoms with Crippen LogP contribution in [0.2, 0.25) is 0 Å². The van der Waals surface area contributed by atoms with Crippen LogP contribution < -0.4 is 4.90 Å². The van der Waals surface area contributed by atoms with Gasteiger partial charge in [0.1, 0.15) is 0 Å². The Morgan fingerprint density at radius 2 is 2.12 bits per heavy atom. The second kappa shape index (κ2) is 4.92. The molecule has 1 aliphatic heterocycles. The van der Waals surface area contributed by atoms with Gasteiger partial charge in [-0.15, -0.1) is 5.10 Å². The van der Waals surface area contributed by atoms with Crippen LogP contribution >= 0.6 is 0 Å². The Balaban J connectivity index is 1.47. The van der Waals surface area contributed by atoms with Gasteiger partial charge in [-0.1, -0.05) is 5.21 Å². The van der Waals surface area contributed by atoms with Crippen molar-refractivity contribution in [1.29, 1.82) is 0 Å². The normalized spacial score (nSPS) is 24.0. The topological polar surface area (TPSA) is 97.0 Å². The molecule has 1 N–H and O–H groups in total. The van der Waals surface area contributed by atoms with Crippen molar-refractivity contribution < 1.29 is 18.7 Å². The minimum absolute atomic E-state index is 0.137. The molecule has 0 amide bonds. The lowest BCUT2D eigenvalue weighted by molar-refractivity contribution is 0.0689. The van der Waals surface area contributed by atoms with E-state index in [1.54, 1.807) is 18.0 Å². The van der Waals surface area contributed by atoms with E-state index in [4.69, 9.17) is 5.11 Å². The summed E-state index contributed by atoms with van der Waals surface area (Å²) in [7, 11) is 0. The number of hydrogen-bond acceptors (Lipinski definition) is 6. The van der Waals surface area contributed by atoms with Gasteiger partial charge in [-0.2, -0.15) is 0 Å². The number of carboxylic acid groups (broad SMARTS) is 1. The maximum atomic E-state index is 13.3. The number of piperidine rings is 1.